The number of nitrogens with zero attached hydrogens (tertiary/aromatic N) is 1. The van der Waals surface area contributed by atoms with Crippen LogP contribution in [0.15, 0.2) is 47.5 Å². The lowest BCUT2D eigenvalue weighted by Gasteiger charge is -2.18. The topological polar surface area (TPSA) is 65.1 Å². The van der Waals surface area contributed by atoms with E-state index in [1.165, 1.54) is 14.2 Å². The molecule has 0 saturated heterocycles. The van der Waals surface area contributed by atoms with Gasteiger partial charge in [0, 0.05) is 6.07 Å². The third kappa shape index (κ3) is 2.88. The summed E-state index contributed by atoms with van der Waals surface area (Å²) in [6.45, 7) is 0. The molecule has 1 aliphatic rings. The van der Waals surface area contributed by atoms with Gasteiger partial charge >= 0.3 is 0 Å². The third-order valence-corrected chi connectivity index (χ3v) is 4.38. The zero-order valence-electron chi connectivity index (χ0n) is 14.4. The van der Waals surface area contributed by atoms with Gasteiger partial charge in [-0.2, -0.15) is 0 Å². The number of carbonyl (C=O) groups excluding carboxylic acids is 2. The van der Waals surface area contributed by atoms with Crippen LogP contribution in [0, 0.1) is 0 Å². The second-order valence-corrected chi connectivity index (χ2v) is 5.78. The van der Waals surface area contributed by atoms with Crippen LogP contribution >= 0.6 is 11.6 Å². The molecule has 2 amide bonds. The number of methoxy groups -OCH3 is 3. The molecule has 0 aromatic heterocycles. The molecule has 0 atom stereocenters. The molecule has 26 heavy (non-hydrogen) atoms. The predicted molar refractivity (Wildman–Crippen MR) is 97.8 cm³/mol. The van der Waals surface area contributed by atoms with Gasteiger partial charge in [0.05, 0.1) is 32.6 Å². The maximum absolute atomic E-state index is 12.9. The summed E-state index contributed by atoms with van der Waals surface area (Å²) in [5, 5.41) is -0.141. The van der Waals surface area contributed by atoms with Crippen molar-refractivity contribution in [2.24, 2.45) is 0 Å². The number of rotatable bonds is 5. The van der Waals surface area contributed by atoms with Crippen LogP contribution in [0.1, 0.15) is 5.56 Å². The lowest BCUT2D eigenvalue weighted by atomic mass is 10.1. The fourth-order valence-corrected chi connectivity index (χ4v) is 2.97. The average Bonchev–Trinajstić information content (AvgIpc) is 2.90. The standard InChI is InChI=1S/C19H16ClNO5/c1-24-12-6-4-11(5-7-12)16-17(20)19(23)21(18(16)22)14-9-8-13(25-2)10-15(14)26-3/h4-10H,1-3H3. The number of benzene rings is 2. The van der Waals surface area contributed by atoms with E-state index in [1.807, 2.05) is 0 Å². The van der Waals surface area contributed by atoms with Gasteiger partial charge < -0.3 is 14.2 Å². The predicted octanol–water partition coefficient (Wildman–Crippen LogP) is 3.24. The summed E-state index contributed by atoms with van der Waals surface area (Å²) in [6.07, 6.45) is 0. The third-order valence-electron chi connectivity index (χ3n) is 4.03. The van der Waals surface area contributed by atoms with Crippen LogP contribution in [-0.4, -0.2) is 33.1 Å². The Kier molecular flexibility index (Phi) is 4.86. The van der Waals surface area contributed by atoms with Crippen molar-refractivity contribution < 1.29 is 23.8 Å². The molecule has 0 unspecified atom stereocenters. The van der Waals surface area contributed by atoms with Crippen LogP contribution in [0.3, 0.4) is 0 Å². The van der Waals surface area contributed by atoms with E-state index < -0.39 is 11.8 Å². The van der Waals surface area contributed by atoms with Gasteiger partial charge in [-0.3, -0.25) is 9.59 Å². The SMILES string of the molecule is COc1ccc(C2=C(Cl)C(=O)N(c3ccc(OC)cc3OC)C2=O)cc1. The molecular weight excluding hydrogens is 358 g/mol. The van der Waals surface area contributed by atoms with E-state index in [1.54, 1.807) is 49.6 Å². The summed E-state index contributed by atoms with van der Waals surface area (Å²) >= 11 is 6.20. The Bertz CT molecular complexity index is 905. The number of halogens is 1. The first-order valence-corrected chi connectivity index (χ1v) is 8.04. The van der Waals surface area contributed by atoms with E-state index >= 15 is 0 Å². The van der Waals surface area contributed by atoms with E-state index in [4.69, 9.17) is 25.8 Å². The number of hydrogen-bond acceptors (Lipinski definition) is 5. The van der Waals surface area contributed by atoms with Crippen LogP contribution in [-0.2, 0) is 9.59 Å². The molecule has 0 bridgehead atoms. The molecule has 3 rings (SSSR count). The number of imide groups is 1. The maximum Gasteiger partial charge on any atom is 0.277 e. The fraction of sp³-hybridized carbons (Fsp3) is 0.158. The number of anilines is 1. The summed E-state index contributed by atoms with van der Waals surface area (Å²) in [5.74, 6) is 0.376. The normalized spacial score (nSPS) is 14.1. The fourth-order valence-electron chi connectivity index (χ4n) is 2.70. The number of amides is 2. The summed E-state index contributed by atoms with van der Waals surface area (Å²) < 4.78 is 15.6. The first-order valence-electron chi connectivity index (χ1n) is 7.66. The van der Waals surface area contributed by atoms with Crippen molar-refractivity contribution in [3.05, 3.63) is 53.1 Å². The van der Waals surface area contributed by atoms with Gasteiger partial charge in [-0.15, -0.1) is 0 Å². The zero-order valence-corrected chi connectivity index (χ0v) is 15.2. The summed E-state index contributed by atoms with van der Waals surface area (Å²) in [7, 11) is 4.51. The van der Waals surface area contributed by atoms with Gasteiger partial charge in [0.1, 0.15) is 22.3 Å². The van der Waals surface area contributed by atoms with Crippen molar-refractivity contribution in [2.75, 3.05) is 26.2 Å². The molecule has 0 saturated carbocycles. The highest BCUT2D eigenvalue weighted by Crippen LogP contribution is 2.40. The first-order chi connectivity index (χ1) is 12.5. The molecule has 134 valence electrons. The molecule has 2 aromatic carbocycles. The lowest BCUT2D eigenvalue weighted by Crippen LogP contribution is -2.31. The summed E-state index contributed by atoms with van der Waals surface area (Å²) in [4.78, 5) is 26.6. The quantitative estimate of drug-likeness (QED) is 0.753. The summed E-state index contributed by atoms with van der Waals surface area (Å²) in [5.41, 5.74) is 0.964. The Labute approximate surface area is 155 Å². The van der Waals surface area contributed by atoms with Gasteiger partial charge in [0.2, 0.25) is 0 Å². The van der Waals surface area contributed by atoms with Crippen molar-refractivity contribution in [3.63, 3.8) is 0 Å². The van der Waals surface area contributed by atoms with Crippen LogP contribution in [0.25, 0.3) is 5.57 Å². The minimum Gasteiger partial charge on any atom is -0.497 e. The zero-order chi connectivity index (χ0) is 18.8. The largest absolute Gasteiger partial charge is 0.497 e. The van der Waals surface area contributed by atoms with Crippen molar-refractivity contribution >= 4 is 34.7 Å². The highest BCUT2D eigenvalue weighted by molar-refractivity contribution is 6.60. The molecule has 1 heterocycles. The van der Waals surface area contributed by atoms with Crippen LogP contribution < -0.4 is 19.1 Å². The minimum atomic E-state index is -0.606. The minimum absolute atomic E-state index is 0.136. The van der Waals surface area contributed by atoms with Gasteiger partial charge in [-0.05, 0) is 29.8 Å². The first kappa shape index (κ1) is 17.8. The van der Waals surface area contributed by atoms with Crippen LogP contribution in [0.5, 0.6) is 17.2 Å². The van der Waals surface area contributed by atoms with E-state index in [9.17, 15) is 9.59 Å². The summed E-state index contributed by atoms with van der Waals surface area (Å²) in [6, 6.07) is 11.6. The molecule has 0 spiro atoms. The molecule has 1 aliphatic heterocycles. The van der Waals surface area contributed by atoms with Crippen molar-refractivity contribution in [2.45, 2.75) is 0 Å². The smallest absolute Gasteiger partial charge is 0.277 e. The van der Waals surface area contributed by atoms with Crippen LogP contribution in [0.2, 0.25) is 0 Å². The Balaban J connectivity index is 2.03. The second kappa shape index (κ2) is 7.09. The molecule has 0 N–H and O–H groups in total. The van der Waals surface area contributed by atoms with E-state index in [0.29, 0.717) is 28.5 Å². The number of carbonyl (C=O) groups is 2. The van der Waals surface area contributed by atoms with E-state index in [2.05, 4.69) is 0 Å². The molecule has 6 nitrogen and oxygen atoms in total. The van der Waals surface area contributed by atoms with Gasteiger partial charge in [-0.25, -0.2) is 4.90 Å². The van der Waals surface area contributed by atoms with Gasteiger partial charge in [0.15, 0.2) is 0 Å². The highest BCUT2D eigenvalue weighted by atomic mass is 35.5. The Morgan fingerprint density at radius 1 is 0.808 bits per heavy atom. The average molecular weight is 374 g/mol. The molecule has 0 radical (unpaired) electrons. The van der Waals surface area contributed by atoms with Crippen molar-refractivity contribution in [3.8, 4) is 17.2 Å². The Morgan fingerprint density at radius 3 is 2.00 bits per heavy atom. The highest BCUT2D eigenvalue weighted by Gasteiger charge is 2.40. The van der Waals surface area contributed by atoms with Gasteiger partial charge in [-0.1, -0.05) is 23.7 Å². The molecule has 0 fully saturated rings. The van der Waals surface area contributed by atoms with Gasteiger partial charge in [0.25, 0.3) is 11.8 Å². The van der Waals surface area contributed by atoms with Crippen molar-refractivity contribution in [1.29, 1.82) is 0 Å². The Morgan fingerprint density at radius 2 is 1.42 bits per heavy atom. The maximum atomic E-state index is 12.9. The molecule has 7 heteroatoms. The second-order valence-electron chi connectivity index (χ2n) is 5.40. The molecular formula is C19H16ClNO5. The van der Waals surface area contributed by atoms with E-state index in [0.717, 1.165) is 4.90 Å². The van der Waals surface area contributed by atoms with E-state index in [-0.39, 0.29) is 10.6 Å². The number of hydrogen-bond donors (Lipinski definition) is 0. The Hall–Kier alpha value is -2.99. The molecule has 2 aromatic rings. The number of ether oxygens (including phenoxy) is 3. The van der Waals surface area contributed by atoms with Crippen LogP contribution in [0.4, 0.5) is 5.69 Å². The monoisotopic (exact) mass is 373 g/mol. The van der Waals surface area contributed by atoms with Crippen molar-refractivity contribution in [1.82, 2.24) is 0 Å². The molecule has 0 aliphatic carbocycles. The lowest BCUT2D eigenvalue weighted by molar-refractivity contribution is -0.119.